The molecular weight excluding hydrogens is 414 g/mol. The maximum atomic E-state index is 5.75. The lowest BCUT2D eigenvalue weighted by molar-refractivity contribution is 0.349. The smallest absolute Gasteiger partial charge is 0.227 e. The maximum Gasteiger partial charge on any atom is 0.227 e. The largest absolute Gasteiger partial charge is 0.495 e. The van der Waals surface area contributed by atoms with Gasteiger partial charge in [-0.25, -0.2) is 15.0 Å². The Balaban J connectivity index is 1.64. The van der Waals surface area contributed by atoms with E-state index in [1.165, 1.54) is 25.5 Å². The van der Waals surface area contributed by atoms with Crippen LogP contribution >= 0.6 is 0 Å². The maximum absolute atomic E-state index is 5.75. The fourth-order valence-corrected chi connectivity index (χ4v) is 4.30. The summed E-state index contributed by atoms with van der Waals surface area (Å²) in [6.45, 7) is 2.27. The second-order valence-electron chi connectivity index (χ2n) is 8.59. The van der Waals surface area contributed by atoms with Crippen LogP contribution in [0.4, 0.5) is 17.5 Å². The Hall–Kier alpha value is -3.68. The van der Waals surface area contributed by atoms with Crippen molar-refractivity contribution in [2.45, 2.75) is 44.6 Å². The van der Waals surface area contributed by atoms with E-state index in [1.807, 2.05) is 30.5 Å². The Kier molecular flexibility index (Phi) is 6.72. The van der Waals surface area contributed by atoms with Crippen LogP contribution in [0.1, 0.15) is 44.6 Å². The van der Waals surface area contributed by atoms with Crippen LogP contribution in [0.2, 0.25) is 0 Å². The summed E-state index contributed by atoms with van der Waals surface area (Å²) in [5.41, 5.74) is 9.04. The Morgan fingerprint density at radius 2 is 2.00 bits per heavy atom. The lowest BCUT2D eigenvalue weighted by Gasteiger charge is -2.35. The van der Waals surface area contributed by atoms with Crippen molar-refractivity contribution in [1.29, 1.82) is 0 Å². The van der Waals surface area contributed by atoms with E-state index in [9.17, 15) is 0 Å². The number of ether oxygens (including phenoxy) is 1. The second kappa shape index (κ2) is 9.85. The van der Waals surface area contributed by atoms with Gasteiger partial charge >= 0.3 is 0 Å². The lowest BCUT2D eigenvalue weighted by atomic mass is 9.83. The molecule has 8 heteroatoms. The number of benzene rings is 1. The van der Waals surface area contributed by atoms with Gasteiger partial charge in [0.1, 0.15) is 11.3 Å². The average molecular weight is 446 g/mol. The van der Waals surface area contributed by atoms with Crippen LogP contribution in [0, 0.1) is 0 Å². The van der Waals surface area contributed by atoms with Gasteiger partial charge in [-0.3, -0.25) is 4.99 Å². The molecule has 33 heavy (non-hydrogen) atoms. The number of aliphatic imine (C=N–C) groups is 1. The molecule has 2 aromatic heterocycles. The molecule has 4 N–H and O–H groups in total. The monoisotopic (exact) mass is 445 g/mol. The van der Waals surface area contributed by atoms with E-state index in [0.717, 1.165) is 46.4 Å². The Morgan fingerprint density at radius 1 is 1.18 bits per heavy atom. The fourth-order valence-electron chi connectivity index (χ4n) is 4.30. The minimum atomic E-state index is 0.0349. The first-order valence-electron chi connectivity index (χ1n) is 11.2. The molecule has 0 aliphatic heterocycles. The van der Waals surface area contributed by atoms with Gasteiger partial charge in [-0.15, -0.1) is 0 Å². The van der Waals surface area contributed by atoms with Crippen molar-refractivity contribution in [3.63, 3.8) is 0 Å². The van der Waals surface area contributed by atoms with Gasteiger partial charge in [-0.05, 0) is 43.5 Å². The first-order valence-corrected chi connectivity index (χ1v) is 11.2. The van der Waals surface area contributed by atoms with Crippen molar-refractivity contribution in [1.82, 2.24) is 15.0 Å². The summed E-state index contributed by atoms with van der Waals surface area (Å²) in [6.07, 6.45) is 12.9. The zero-order valence-corrected chi connectivity index (χ0v) is 19.4. The molecule has 1 saturated carbocycles. The van der Waals surface area contributed by atoms with Crippen LogP contribution in [-0.4, -0.2) is 40.9 Å². The Bertz CT molecular complexity index is 1180. The van der Waals surface area contributed by atoms with E-state index < -0.39 is 0 Å². The first kappa shape index (κ1) is 22.5. The van der Waals surface area contributed by atoms with E-state index in [2.05, 4.69) is 32.5 Å². The Morgan fingerprint density at radius 3 is 2.73 bits per heavy atom. The number of hydrogen-bond acceptors (Lipinski definition) is 8. The highest BCUT2D eigenvalue weighted by Crippen LogP contribution is 2.33. The lowest BCUT2D eigenvalue weighted by Crippen LogP contribution is -2.37. The van der Waals surface area contributed by atoms with Crippen LogP contribution < -0.4 is 21.1 Å². The predicted molar refractivity (Wildman–Crippen MR) is 135 cm³/mol. The number of anilines is 3. The van der Waals surface area contributed by atoms with Gasteiger partial charge in [0.15, 0.2) is 5.82 Å². The summed E-state index contributed by atoms with van der Waals surface area (Å²) in [4.78, 5) is 17.9. The molecule has 8 nitrogen and oxygen atoms in total. The Labute approximate surface area is 194 Å². The molecule has 1 aromatic carbocycles. The highest BCUT2D eigenvalue weighted by atomic mass is 16.5. The molecule has 3 aromatic rings. The molecule has 4 rings (SSSR count). The molecule has 0 unspecified atom stereocenters. The van der Waals surface area contributed by atoms with E-state index >= 15 is 0 Å². The minimum Gasteiger partial charge on any atom is -0.495 e. The van der Waals surface area contributed by atoms with Crippen LogP contribution in [0.3, 0.4) is 0 Å². The zero-order chi connectivity index (χ0) is 23.3. The van der Waals surface area contributed by atoms with E-state index in [-0.39, 0.29) is 5.54 Å². The van der Waals surface area contributed by atoms with Crippen molar-refractivity contribution >= 4 is 40.1 Å². The normalized spacial score (nSPS) is 16.2. The van der Waals surface area contributed by atoms with Crippen molar-refractivity contribution in [3.8, 4) is 5.75 Å². The number of nitrogens with one attached hydrogen (secondary N) is 2. The summed E-state index contributed by atoms with van der Waals surface area (Å²) in [5.74, 6) is 1.92. The third-order valence-corrected chi connectivity index (χ3v) is 6.11. The minimum absolute atomic E-state index is 0.0349. The first-order chi connectivity index (χ1) is 16.0. The molecule has 0 spiro atoms. The predicted octanol–water partition coefficient (Wildman–Crippen LogP) is 4.91. The number of aromatic nitrogens is 3. The molecule has 1 aliphatic carbocycles. The van der Waals surface area contributed by atoms with E-state index in [0.29, 0.717) is 11.7 Å². The number of hydrogen-bond donors (Lipinski definition) is 3. The SMILES string of the molecule is CN=CC(=CN)c1ccc(Nc2ncc3ccnc(NC4(C)CCCCC4)c3n2)c(OC)c1. The molecule has 0 amide bonds. The number of allylic oxidation sites excluding steroid dienone is 1. The fraction of sp³-hybridized carbons (Fsp3) is 0.360. The molecule has 172 valence electrons. The van der Waals surface area contributed by atoms with Gasteiger partial charge in [-0.1, -0.05) is 25.3 Å². The number of nitrogens with two attached hydrogens (primary N) is 1. The zero-order valence-electron chi connectivity index (χ0n) is 19.4. The number of rotatable bonds is 7. The second-order valence-corrected chi connectivity index (χ2v) is 8.59. The number of fused-ring (bicyclic) bond motifs is 1. The van der Waals surface area contributed by atoms with Gasteiger partial charge in [0.2, 0.25) is 5.95 Å². The van der Waals surface area contributed by atoms with Gasteiger partial charge < -0.3 is 21.1 Å². The van der Waals surface area contributed by atoms with Crippen molar-refractivity contribution in [3.05, 3.63) is 48.4 Å². The molecule has 0 radical (unpaired) electrons. The molecule has 1 fully saturated rings. The summed E-state index contributed by atoms with van der Waals surface area (Å²) < 4.78 is 5.60. The highest BCUT2D eigenvalue weighted by Gasteiger charge is 2.27. The molecular formula is C25H31N7O. The molecule has 2 heterocycles. The van der Waals surface area contributed by atoms with Crippen LogP contribution in [0.15, 0.2) is 47.9 Å². The van der Waals surface area contributed by atoms with Crippen LogP contribution in [-0.2, 0) is 0 Å². The topological polar surface area (TPSA) is 110 Å². The standard InChI is InChI=1S/C25H31N7O/c1-25(10-5-4-6-11-25)32-23-22-18(9-12-28-23)16-29-24(31-22)30-20-8-7-17(13-21(20)33-3)19(14-26)15-27-2/h7-9,12-16H,4-6,10-11,26H2,1-3H3,(H,28,32)(H,29,30,31). The average Bonchev–Trinajstić information content (AvgIpc) is 2.83. The van der Waals surface area contributed by atoms with Gasteiger partial charge in [-0.2, -0.15) is 0 Å². The van der Waals surface area contributed by atoms with Gasteiger partial charge in [0.25, 0.3) is 0 Å². The quantitative estimate of drug-likeness (QED) is 0.443. The van der Waals surface area contributed by atoms with E-state index in [1.54, 1.807) is 26.6 Å². The van der Waals surface area contributed by atoms with Crippen molar-refractivity contribution < 1.29 is 4.74 Å². The molecule has 0 bridgehead atoms. The van der Waals surface area contributed by atoms with Gasteiger partial charge in [0, 0.05) is 48.4 Å². The van der Waals surface area contributed by atoms with Crippen LogP contribution in [0.5, 0.6) is 5.75 Å². The number of nitrogens with zero attached hydrogens (tertiary/aromatic N) is 4. The molecule has 0 atom stereocenters. The number of pyridine rings is 1. The highest BCUT2D eigenvalue weighted by molar-refractivity contribution is 6.09. The summed E-state index contributed by atoms with van der Waals surface area (Å²) >= 11 is 0. The van der Waals surface area contributed by atoms with E-state index in [4.69, 9.17) is 15.5 Å². The van der Waals surface area contributed by atoms with Crippen molar-refractivity contribution in [2.75, 3.05) is 24.8 Å². The van der Waals surface area contributed by atoms with Crippen LogP contribution in [0.25, 0.3) is 16.5 Å². The van der Waals surface area contributed by atoms with Crippen molar-refractivity contribution in [2.24, 2.45) is 10.7 Å². The summed E-state index contributed by atoms with van der Waals surface area (Å²) in [5, 5.41) is 7.89. The number of methoxy groups -OCH3 is 1. The summed E-state index contributed by atoms with van der Waals surface area (Å²) in [6, 6.07) is 7.70. The third-order valence-electron chi connectivity index (χ3n) is 6.11. The molecule has 0 saturated heterocycles. The third kappa shape index (κ3) is 5.05. The van der Waals surface area contributed by atoms with Gasteiger partial charge in [0.05, 0.1) is 12.8 Å². The molecule has 1 aliphatic rings. The summed E-state index contributed by atoms with van der Waals surface area (Å²) in [7, 11) is 3.34.